The average molecular weight is 336 g/mol. The van der Waals surface area contributed by atoms with Gasteiger partial charge in [0.05, 0.1) is 11.0 Å². The van der Waals surface area contributed by atoms with Crippen molar-refractivity contribution in [1.29, 1.82) is 0 Å². The number of nitro benzene ring substituents is 1. The standard InChI is InChI=1S/C16H14F2N2O4/c1-10(11-2-4-12(17)5-3-11)19-16(21)9-24-15-8-13(18)6-7-14(15)20(22)23/h2-8,10H,9H2,1H3,(H,19,21). The molecule has 2 rings (SSSR count). The lowest BCUT2D eigenvalue weighted by Crippen LogP contribution is -2.31. The monoisotopic (exact) mass is 336 g/mol. The third-order valence-corrected chi connectivity index (χ3v) is 3.22. The van der Waals surface area contributed by atoms with Crippen LogP contribution in [0, 0.1) is 21.7 Å². The summed E-state index contributed by atoms with van der Waals surface area (Å²) in [5, 5.41) is 13.4. The number of benzene rings is 2. The van der Waals surface area contributed by atoms with Gasteiger partial charge in [0.1, 0.15) is 11.6 Å². The molecule has 0 saturated heterocycles. The Labute approximate surface area is 136 Å². The van der Waals surface area contributed by atoms with E-state index in [1.165, 1.54) is 24.3 Å². The van der Waals surface area contributed by atoms with Crippen LogP contribution >= 0.6 is 0 Å². The highest BCUT2D eigenvalue weighted by Gasteiger charge is 2.17. The van der Waals surface area contributed by atoms with E-state index >= 15 is 0 Å². The maximum absolute atomic E-state index is 13.2. The third-order valence-electron chi connectivity index (χ3n) is 3.22. The van der Waals surface area contributed by atoms with Gasteiger partial charge in [0.25, 0.3) is 5.91 Å². The molecule has 1 unspecified atom stereocenters. The van der Waals surface area contributed by atoms with E-state index in [-0.39, 0.29) is 11.6 Å². The lowest BCUT2D eigenvalue weighted by Gasteiger charge is -2.14. The molecule has 1 amide bonds. The Hall–Kier alpha value is -3.03. The lowest BCUT2D eigenvalue weighted by molar-refractivity contribution is -0.385. The zero-order chi connectivity index (χ0) is 17.7. The highest BCUT2D eigenvalue weighted by molar-refractivity contribution is 5.78. The Morgan fingerprint density at radius 1 is 1.21 bits per heavy atom. The Morgan fingerprint density at radius 3 is 2.46 bits per heavy atom. The second-order valence-electron chi connectivity index (χ2n) is 5.00. The molecule has 0 spiro atoms. The minimum absolute atomic E-state index is 0.329. The maximum Gasteiger partial charge on any atom is 0.311 e. The van der Waals surface area contributed by atoms with E-state index in [9.17, 15) is 23.7 Å². The number of carbonyl (C=O) groups is 1. The Balaban J connectivity index is 1.97. The first-order chi connectivity index (χ1) is 11.4. The molecule has 6 nitrogen and oxygen atoms in total. The van der Waals surface area contributed by atoms with Crippen LogP contribution in [0.1, 0.15) is 18.5 Å². The number of halogens is 2. The molecule has 2 aromatic rings. The molecule has 0 fully saturated rings. The van der Waals surface area contributed by atoms with Crippen molar-refractivity contribution in [3.8, 4) is 5.75 Å². The normalized spacial score (nSPS) is 11.6. The summed E-state index contributed by atoms with van der Waals surface area (Å²) in [6.07, 6.45) is 0. The van der Waals surface area contributed by atoms with E-state index in [4.69, 9.17) is 4.74 Å². The summed E-state index contributed by atoms with van der Waals surface area (Å²) < 4.78 is 31.1. The summed E-state index contributed by atoms with van der Waals surface area (Å²) in [6.45, 7) is 1.17. The summed E-state index contributed by atoms with van der Waals surface area (Å²) in [5.41, 5.74) is 0.247. The molecule has 8 heteroatoms. The van der Waals surface area contributed by atoms with Crippen LogP contribution in [0.5, 0.6) is 5.75 Å². The SMILES string of the molecule is CC(NC(=O)COc1cc(F)ccc1[N+](=O)[O-])c1ccc(F)cc1. The average Bonchev–Trinajstić information content (AvgIpc) is 2.53. The van der Waals surface area contributed by atoms with Gasteiger partial charge >= 0.3 is 5.69 Å². The molecular weight excluding hydrogens is 322 g/mol. The van der Waals surface area contributed by atoms with E-state index in [0.717, 1.165) is 18.2 Å². The minimum Gasteiger partial charge on any atom is -0.477 e. The number of hydrogen-bond donors (Lipinski definition) is 1. The molecule has 0 bridgehead atoms. The van der Waals surface area contributed by atoms with Gasteiger partial charge in [-0.3, -0.25) is 14.9 Å². The molecule has 0 aliphatic carbocycles. The number of ether oxygens (including phenoxy) is 1. The molecule has 2 aromatic carbocycles. The van der Waals surface area contributed by atoms with Crippen LogP contribution in [0.15, 0.2) is 42.5 Å². The highest BCUT2D eigenvalue weighted by Crippen LogP contribution is 2.27. The van der Waals surface area contributed by atoms with E-state index in [0.29, 0.717) is 5.56 Å². The van der Waals surface area contributed by atoms with Crippen molar-refractivity contribution in [2.75, 3.05) is 6.61 Å². The van der Waals surface area contributed by atoms with Crippen molar-refractivity contribution < 1.29 is 23.2 Å². The van der Waals surface area contributed by atoms with Gasteiger partial charge < -0.3 is 10.1 Å². The Bertz CT molecular complexity index is 750. The van der Waals surface area contributed by atoms with Crippen molar-refractivity contribution in [2.45, 2.75) is 13.0 Å². The van der Waals surface area contributed by atoms with E-state index in [1.807, 2.05) is 0 Å². The topological polar surface area (TPSA) is 81.5 Å². The molecule has 126 valence electrons. The molecule has 0 aliphatic rings. The minimum atomic E-state index is -0.728. The van der Waals surface area contributed by atoms with Crippen LogP contribution in [0.25, 0.3) is 0 Å². The first-order valence-electron chi connectivity index (χ1n) is 6.98. The van der Waals surface area contributed by atoms with Gasteiger partial charge in [0.2, 0.25) is 5.75 Å². The molecular formula is C16H14F2N2O4. The van der Waals surface area contributed by atoms with Crippen LogP contribution in [-0.2, 0) is 4.79 Å². The number of rotatable bonds is 6. The first-order valence-corrected chi connectivity index (χ1v) is 6.98. The fraction of sp³-hybridized carbons (Fsp3) is 0.188. The zero-order valence-corrected chi connectivity index (χ0v) is 12.7. The Kier molecular flexibility index (Phi) is 5.41. The van der Waals surface area contributed by atoms with Crippen LogP contribution in [0.4, 0.5) is 14.5 Å². The lowest BCUT2D eigenvalue weighted by atomic mass is 10.1. The number of nitrogens with zero attached hydrogens (tertiary/aromatic N) is 1. The molecule has 0 aromatic heterocycles. The van der Waals surface area contributed by atoms with Gasteiger partial charge in [-0.25, -0.2) is 8.78 Å². The van der Waals surface area contributed by atoms with Crippen LogP contribution in [0.2, 0.25) is 0 Å². The summed E-state index contributed by atoms with van der Waals surface area (Å²) >= 11 is 0. The number of nitro groups is 1. The largest absolute Gasteiger partial charge is 0.477 e. The van der Waals surface area contributed by atoms with E-state index in [2.05, 4.69) is 5.32 Å². The molecule has 1 N–H and O–H groups in total. The van der Waals surface area contributed by atoms with Gasteiger partial charge in [0, 0.05) is 12.1 Å². The van der Waals surface area contributed by atoms with Gasteiger partial charge in [0.15, 0.2) is 6.61 Å². The van der Waals surface area contributed by atoms with Crippen molar-refractivity contribution in [3.63, 3.8) is 0 Å². The summed E-state index contributed by atoms with van der Waals surface area (Å²) in [5.74, 6) is -1.98. The fourth-order valence-corrected chi connectivity index (χ4v) is 2.02. The van der Waals surface area contributed by atoms with E-state index in [1.54, 1.807) is 6.92 Å². The molecule has 0 radical (unpaired) electrons. The summed E-state index contributed by atoms with van der Waals surface area (Å²) in [7, 11) is 0. The number of nitrogens with one attached hydrogen (secondary N) is 1. The quantitative estimate of drug-likeness (QED) is 0.649. The highest BCUT2D eigenvalue weighted by atomic mass is 19.1. The van der Waals surface area contributed by atoms with Gasteiger partial charge in [-0.15, -0.1) is 0 Å². The molecule has 0 aliphatic heterocycles. The summed E-state index contributed by atoms with van der Waals surface area (Å²) in [6, 6.07) is 7.91. The van der Waals surface area contributed by atoms with Crippen molar-refractivity contribution in [1.82, 2.24) is 5.32 Å². The second kappa shape index (κ2) is 7.49. The fourth-order valence-electron chi connectivity index (χ4n) is 2.02. The van der Waals surface area contributed by atoms with Gasteiger partial charge in [-0.1, -0.05) is 12.1 Å². The zero-order valence-electron chi connectivity index (χ0n) is 12.7. The Morgan fingerprint density at radius 2 is 1.83 bits per heavy atom. The summed E-state index contributed by atoms with van der Waals surface area (Å²) in [4.78, 5) is 22.0. The predicted octanol–water partition coefficient (Wildman–Crippen LogP) is 3.13. The van der Waals surface area contributed by atoms with Crippen LogP contribution in [0.3, 0.4) is 0 Å². The number of carbonyl (C=O) groups excluding carboxylic acids is 1. The second-order valence-corrected chi connectivity index (χ2v) is 5.00. The van der Waals surface area contributed by atoms with Crippen molar-refractivity contribution in [2.24, 2.45) is 0 Å². The first kappa shape index (κ1) is 17.3. The maximum atomic E-state index is 13.2. The molecule has 0 heterocycles. The molecule has 24 heavy (non-hydrogen) atoms. The molecule has 1 atom stereocenters. The van der Waals surface area contributed by atoms with E-state index < -0.39 is 35.0 Å². The smallest absolute Gasteiger partial charge is 0.311 e. The third kappa shape index (κ3) is 4.48. The molecule has 0 saturated carbocycles. The van der Waals surface area contributed by atoms with Crippen LogP contribution < -0.4 is 10.1 Å². The number of hydrogen-bond acceptors (Lipinski definition) is 4. The number of amides is 1. The van der Waals surface area contributed by atoms with Crippen molar-refractivity contribution in [3.05, 3.63) is 69.8 Å². The van der Waals surface area contributed by atoms with Crippen LogP contribution in [-0.4, -0.2) is 17.4 Å². The predicted molar refractivity (Wildman–Crippen MR) is 81.5 cm³/mol. The van der Waals surface area contributed by atoms with Gasteiger partial charge in [-0.05, 0) is 30.7 Å². The van der Waals surface area contributed by atoms with Gasteiger partial charge in [-0.2, -0.15) is 0 Å². The van der Waals surface area contributed by atoms with Crippen molar-refractivity contribution >= 4 is 11.6 Å².